The van der Waals surface area contributed by atoms with Crippen LogP contribution in [0, 0.1) is 5.92 Å². The molecule has 2 aliphatic heterocycles. The molecule has 0 aliphatic carbocycles. The fraction of sp³-hybridized carbons (Fsp3) is 0.250. The predicted octanol–water partition coefficient (Wildman–Crippen LogP) is 3.63. The topological polar surface area (TPSA) is 118 Å². The van der Waals surface area contributed by atoms with E-state index in [9.17, 15) is 19.2 Å². The normalized spacial score (nSPS) is 19.2. The Bertz CT molecular complexity index is 1480. The van der Waals surface area contributed by atoms with E-state index in [0.717, 1.165) is 21.4 Å². The Morgan fingerprint density at radius 3 is 2.32 bits per heavy atom. The Morgan fingerprint density at radius 1 is 1.00 bits per heavy atom. The summed E-state index contributed by atoms with van der Waals surface area (Å²) in [4.78, 5) is 60.4. The molecule has 1 N–H and O–H groups in total. The molecule has 1 aromatic heterocycles. The number of hydrogen-bond donors (Lipinski definition) is 1. The van der Waals surface area contributed by atoms with Gasteiger partial charge in [0.05, 0.1) is 30.4 Å². The first-order chi connectivity index (χ1) is 17.8. The lowest BCUT2D eigenvalue weighted by Gasteiger charge is -2.31. The lowest BCUT2D eigenvalue weighted by Crippen LogP contribution is -2.37. The quantitative estimate of drug-likeness (QED) is 0.409. The molecule has 188 valence electrons. The molecule has 0 bridgehead atoms. The zero-order valence-corrected chi connectivity index (χ0v) is 20.6. The number of hydrogen-bond acceptors (Lipinski definition) is 7. The van der Waals surface area contributed by atoms with Gasteiger partial charge in [0.2, 0.25) is 0 Å². The van der Waals surface area contributed by atoms with E-state index >= 15 is 0 Å². The van der Waals surface area contributed by atoms with E-state index in [-0.39, 0.29) is 18.7 Å². The fourth-order valence-electron chi connectivity index (χ4n) is 5.17. The summed E-state index contributed by atoms with van der Waals surface area (Å²) in [6.07, 6.45) is 1.78. The maximum absolute atomic E-state index is 13.5. The lowest BCUT2D eigenvalue weighted by atomic mass is 9.75. The van der Waals surface area contributed by atoms with Gasteiger partial charge in [0.1, 0.15) is 12.5 Å². The number of nitrogens with one attached hydrogen (secondary N) is 1. The zero-order valence-electron chi connectivity index (χ0n) is 20.6. The van der Waals surface area contributed by atoms with E-state index in [1.54, 1.807) is 44.3 Å². The second-order valence-electron chi connectivity index (χ2n) is 8.96. The standard InChI is InChI=1S/C28H25N3O6/c1-15-22(27(34)36-3)24(20-14-29-21-11-7-6-8-17(20)21)23(16(2)30-15)28(35)37-13-12-31-25(32)18-9-4-5-10-19(18)26(31)33/h4-11,14,22,24,29H,12-13H2,1-3H3. The number of fused-ring (bicyclic) bond motifs is 2. The van der Waals surface area contributed by atoms with E-state index in [4.69, 9.17) is 9.47 Å². The maximum atomic E-state index is 13.5. The predicted molar refractivity (Wildman–Crippen MR) is 135 cm³/mol. The first-order valence-electron chi connectivity index (χ1n) is 11.9. The van der Waals surface area contributed by atoms with Gasteiger partial charge >= 0.3 is 11.9 Å². The maximum Gasteiger partial charge on any atom is 0.336 e. The number of nitrogens with zero attached hydrogens (tertiary/aromatic N) is 2. The van der Waals surface area contributed by atoms with Gasteiger partial charge in [-0.3, -0.25) is 24.3 Å². The third kappa shape index (κ3) is 4.02. The van der Waals surface area contributed by atoms with Gasteiger partial charge in [-0.05, 0) is 37.6 Å². The Morgan fingerprint density at radius 2 is 1.65 bits per heavy atom. The molecule has 5 rings (SSSR count). The van der Waals surface area contributed by atoms with Crippen molar-refractivity contribution in [1.82, 2.24) is 9.88 Å². The number of para-hydroxylation sites is 1. The number of aliphatic imine (C=N–C) groups is 1. The minimum absolute atomic E-state index is 0.0924. The first-order valence-corrected chi connectivity index (χ1v) is 11.9. The van der Waals surface area contributed by atoms with Crippen LogP contribution >= 0.6 is 0 Å². The van der Waals surface area contributed by atoms with Crippen LogP contribution in [0.1, 0.15) is 46.0 Å². The summed E-state index contributed by atoms with van der Waals surface area (Å²) < 4.78 is 10.7. The van der Waals surface area contributed by atoms with Crippen LogP contribution in [0.5, 0.6) is 0 Å². The number of ether oxygens (including phenoxy) is 2. The number of methoxy groups -OCH3 is 1. The number of allylic oxidation sites excluding steroid dienone is 1. The lowest BCUT2D eigenvalue weighted by molar-refractivity contribution is -0.144. The van der Waals surface area contributed by atoms with Crippen molar-refractivity contribution in [2.24, 2.45) is 10.9 Å². The minimum atomic E-state index is -0.827. The van der Waals surface area contributed by atoms with Gasteiger partial charge in [-0.25, -0.2) is 4.79 Å². The van der Waals surface area contributed by atoms with Crippen molar-refractivity contribution in [3.8, 4) is 0 Å². The molecule has 0 fully saturated rings. The number of rotatable bonds is 6. The number of carbonyl (C=O) groups excluding carboxylic acids is 4. The summed E-state index contributed by atoms with van der Waals surface area (Å²) in [7, 11) is 1.30. The van der Waals surface area contributed by atoms with Gasteiger partial charge in [-0.2, -0.15) is 0 Å². The van der Waals surface area contributed by atoms with Crippen molar-refractivity contribution < 1.29 is 28.7 Å². The number of aromatic nitrogens is 1. The molecule has 37 heavy (non-hydrogen) atoms. The van der Waals surface area contributed by atoms with Crippen LogP contribution in [0.4, 0.5) is 0 Å². The number of benzene rings is 2. The Labute approximate surface area is 212 Å². The molecule has 2 amide bonds. The highest BCUT2D eigenvalue weighted by Crippen LogP contribution is 2.42. The van der Waals surface area contributed by atoms with Crippen LogP contribution in [0.25, 0.3) is 10.9 Å². The van der Waals surface area contributed by atoms with Gasteiger partial charge in [-0.1, -0.05) is 30.3 Å². The van der Waals surface area contributed by atoms with Crippen LogP contribution in [0.15, 0.2) is 71.0 Å². The number of imide groups is 1. The molecule has 2 aromatic carbocycles. The van der Waals surface area contributed by atoms with Gasteiger partial charge in [0.15, 0.2) is 0 Å². The highest BCUT2D eigenvalue weighted by atomic mass is 16.5. The second-order valence-corrected chi connectivity index (χ2v) is 8.96. The van der Waals surface area contributed by atoms with Crippen LogP contribution in [0.3, 0.4) is 0 Å². The average molecular weight is 500 g/mol. The summed E-state index contributed by atoms with van der Waals surface area (Å²) in [5, 5.41) is 0.861. The first kappa shape index (κ1) is 24.2. The number of carbonyl (C=O) groups is 4. The third-order valence-electron chi connectivity index (χ3n) is 6.89. The number of esters is 2. The molecule has 9 heteroatoms. The van der Waals surface area contributed by atoms with Crippen molar-refractivity contribution in [2.75, 3.05) is 20.3 Å². The van der Waals surface area contributed by atoms with E-state index in [2.05, 4.69) is 9.98 Å². The van der Waals surface area contributed by atoms with Crippen LogP contribution in [-0.2, 0) is 19.1 Å². The summed E-state index contributed by atoms with van der Waals surface area (Å²) in [6.45, 7) is 3.13. The molecule has 3 aromatic rings. The summed E-state index contributed by atoms with van der Waals surface area (Å²) in [5.74, 6) is -3.56. The second kappa shape index (κ2) is 9.50. The smallest absolute Gasteiger partial charge is 0.336 e. The third-order valence-corrected chi connectivity index (χ3v) is 6.89. The molecule has 0 spiro atoms. The highest BCUT2D eigenvalue weighted by Gasteiger charge is 2.43. The Balaban J connectivity index is 1.43. The molecule has 2 aliphatic rings. The zero-order chi connectivity index (χ0) is 26.3. The SMILES string of the molecule is COC(=O)C1C(C)=NC(C)=C(C(=O)OCCN2C(=O)c3ccccc3C2=O)C1c1c[nH]c2ccccc12. The summed E-state index contributed by atoms with van der Waals surface area (Å²) >= 11 is 0. The highest BCUT2D eigenvalue weighted by molar-refractivity contribution is 6.21. The van der Waals surface area contributed by atoms with Crippen molar-refractivity contribution >= 4 is 40.4 Å². The molecule has 0 saturated carbocycles. The molecule has 3 heterocycles. The van der Waals surface area contributed by atoms with Crippen molar-refractivity contribution in [3.05, 3.63) is 82.7 Å². The molecule has 2 atom stereocenters. The van der Waals surface area contributed by atoms with Crippen molar-refractivity contribution in [2.45, 2.75) is 19.8 Å². The van der Waals surface area contributed by atoms with Crippen LogP contribution in [0.2, 0.25) is 0 Å². The monoisotopic (exact) mass is 499 g/mol. The molecule has 0 saturated heterocycles. The number of amides is 2. The van der Waals surface area contributed by atoms with E-state index in [1.807, 2.05) is 24.3 Å². The largest absolute Gasteiger partial charge is 0.468 e. The Kier molecular flexibility index (Phi) is 6.20. The number of aromatic amines is 1. The molecule has 0 radical (unpaired) electrons. The molecule has 9 nitrogen and oxygen atoms in total. The summed E-state index contributed by atoms with van der Waals surface area (Å²) in [6, 6.07) is 14.2. The molecule has 2 unspecified atom stereocenters. The summed E-state index contributed by atoms with van der Waals surface area (Å²) in [5.41, 5.74) is 3.45. The fourth-order valence-corrected chi connectivity index (χ4v) is 5.17. The van der Waals surface area contributed by atoms with E-state index in [0.29, 0.717) is 22.5 Å². The number of H-pyrrole nitrogens is 1. The molecular weight excluding hydrogens is 474 g/mol. The van der Waals surface area contributed by atoms with Gasteiger partial charge in [-0.15, -0.1) is 0 Å². The van der Waals surface area contributed by atoms with Crippen molar-refractivity contribution in [1.29, 1.82) is 0 Å². The van der Waals surface area contributed by atoms with Gasteiger partial charge < -0.3 is 14.5 Å². The van der Waals surface area contributed by atoms with Crippen molar-refractivity contribution in [3.63, 3.8) is 0 Å². The van der Waals surface area contributed by atoms with Crippen LogP contribution < -0.4 is 0 Å². The van der Waals surface area contributed by atoms with E-state index in [1.165, 1.54) is 7.11 Å². The average Bonchev–Trinajstić information content (AvgIpc) is 3.42. The van der Waals surface area contributed by atoms with E-state index < -0.39 is 35.6 Å². The Hall–Kier alpha value is -4.53. The van der Waals surface area contributed by atoms with Gasteiger partial charge in [0, 0.05) is 34.4 Å². The van der Waals surface area contributed by atoms with Crippen LogP contribution in [-0.4, -0.2) is 59.6 Å². The molecular formula is C28H25N3O6. The minimum Gasteiger partial charge on any atom is -0.468 e. The van der Waals surface area contributed by atoms with Gasteiger partial charge in [0.25, 0.3) is 11.8 Å².